The van der Waals surface area contributed by atoms with Crippen LogP contribution in [0.3, 0.4) is 0 Å². The van der Waals surface area contributed by atoms with Gasteiger partial charge in [0, 0.05) is 5.57 Å². The van der Waals surface area contributed by atoms with E-state index in [2.05, 4.69) is 27.7 Å². The maximum Gasteiger partial charge on any atom is 0.331 e. The second-order valence-electron chi connectivity index (χ2n) is 5.49. The SMILES string of the molecule is CC(=CC1=C(C)CCC(C)C1(C)C)C(=O)O. The molecule has 0 amide bonds. The summed E-state index contributed by atoms with van der Waals surface area (Å²) in [7, 11) is 0. The Kier molecular flexibility index (Phi) is 3.61. The molecule has 1 atom stereocenters. The van der Waals surface area contributed by atoms with E-state index < -0.39 is 5.97 Å². The zero-order valence-electron chi connectivity index (χ0n) is 10.9. The van der Waals surface area contributed by atoms with Crippen molar-refractivity contribution in [2.45, 2.75) is 47.5 Å². The van der Waals surface area contributed by atoms with E-state index in [9.17, 15) is 4.79 Å². The van der Waals surface area contributed by atoms with Crippen LogP contribution in [-0.2, 0) is 4.79 Å². The molecule has 0 heterocycles. The minimum Gasteiger partial charge on any atom is -0.478 e. The number of carboxylic acid groups (broad SMARTS) is 1. The number of allylic oxidation sites excluding steroid dienone is 3. The van der Waals surface area contributed by atoms with Crippen LogP contribution in [-0.4, -0.2) is 11.1 Å². The zero-order valence-corrected chi connectivity index (χ0v) is 10.9. The fourth-order valence-electron chi connectivity index (χ4n) is 2.33. The second kappa shape index (κ2) is 4.44. The van der Waals surface area contributed by atoms with Gasteiger partial charge < -0.3 is 5.11 Å². The van der Waals surface area contributed by atoms with E-state index >= 15 is 0 Å². The third-order valence-corrected chi connectivity index (χ3v) is 4.04. The number of rotatable bonds is 2. The lowest BCUT2D eigenvalue weighted by atomic mass is 9.66. The molecule has 0 saturated carbocycles. The molecule has 0 aliphatic heterocycles. The Hall–Kier alpha value is -1.05. The van der Waals surface area contributed by atoms with Crippen molar-refractivity contribution in [2.24, 2.45) is 11.3 Å². The van der Waals surface area contributed by atoms with Gasteiger partial charge in [0.05, 0.1) is 0 Å². The Morgan fingerprint density at radius 2 is 2.06 bits per heavy atom. The minimum atomic E-state index is -0.825. The molecule has 2 heteroatoms. The molecule has 0 saturated heterocycles. The summed E-state index contributed by atoms with van der Waals surface area (Å²) in [4.78, 5) is 10.9. The number of hydrogen-bond acceptors (Lipinski definition) is 1. The number of carboxylic acids is 1. The predicted octanol–water partition coefficient (Wildman–Crippen LogP) is 3.79. The maximum atomic E-state index is 10.9. The van der Waals surface area contributed by atoms with E-state index in [0.29, 0.717) is 11.5 Å². The van der Waals surface area contributed by atoms with E-state index in [1.165, 1.54) is 17.6 Å². The molecule has 0 bridgehead atoms. The van der Waals surface area contributed by atoms with Crippen molar-refractivity contribution in [3.05, 3.63) is 22.8 Å². The van der Waals surface area contributed by atoms with Crippen molar-refractivity contribution in [3.8, 4) is 0 Å². The third kappa shape index (κ3) is 2.37. The van der Waals surface area contributed by atoms with Crippen LogP contribution in [0, 0.1) is 11.3 Å². The number of aliphatic carboxylic acids is 1. The summed E-state index contributed by atoms with van der Waals surface area (Å²) in [5.74, 6) is -0.224. The zero-order chi connectivity index (χ0) is 12.5. The summed E-state index contributed by atoms with van der Waals surface area (Å²) in [6.07, 6.45) is 4.14. The van der Waals surface area contributed by atoms with Gasteiger partial charge in [-0.1, -0.05) is 26.3 Å². The standard InChI is InChI=1S/C14H22O2/c1-9-6-7-11(3)14(4,5)12(9)8-10(2)13(15)16/h8,11H,6-7H2,1-5H3,(H,15,16). The molecule has 0 radical (unpaired) electrons. The van der Waals surface area contributed by atoms with Gasteiger partial charge in [0.1, 0.15) is 0 Å². The lowest BCUT2D eigenvalue weighted by Crippen LogP contribution is -2.28. The highest BCUT2D eigenvalue weighted by atomic mass is 16.4. The van der Waals surface area contributed by atoms with Crippen LogP contribution in [0.2, 0.25) is 0 Å². The van der Waals surface area contributed by atoms with Crippen molar-refractivity contribution in [3.63, 3.8) is 0 Å². The van der Waals surface area contributed by atoms with Crippen molar-refractivity contribution in [2.75, 3.05) is 0 Å². The van der Waals surface area contributed by atoms with Gasteiger partial charge in [0.2, 0.25) is 0 Å². The molecular formula is C14H22O2. The van der Waals surface area contributed by atoms with Crippen molar-refractivity contribution >= 4 is 5.97 Å². The van der Waals surface area contributed by atoms with Crippen LogP contribution in [0.1, 0.15) is 47.5 Å². The Labute approximate surface area is 98.1 Å². The van der Waals surface area contributed by atoms with E-state index in [1.54, 1.807) is 6.92 Å². The van der Waals surface area contributed by atoms with Crippen LogP contribution in [0.5, 0.6) is 0 Å². The van der Waals surface area contributed by atoms with Crippen LogP contribution >= 0.6 is 0 Å². The Balaban J connectivity index is 3.18. The highest BCUT2D eigenvalue weighted by Crippen LogP contribution is 2.45. The Bertz CT molecular complexity index is 359. The molecule has 2 nitrogen and oxygen atoms in total. The van der Waals surface area contributed by atoms with Crippen molar-refractivity contribution < 1.29 is 9.90 Å². The second-order valence-corrected chi connectivity index (χ2v) is 5.49. The molecule has 1 aliphatic carbocycles. The van der Waals surface area contributed by atoms with E-state index in [4.69, 9.17) is 5.11 Å². The molecule has 0 fully saturated rings. The molecule has 0 aromatic carbocycles. The summed E-state index contributed by atoms with van der Waals surface area (Å²) in [6.45, 7) is 10.4. The topological polar surface area (TPSA) is 37.3 Å². The average Bonchev–Trinajstić information content (AvgIpc) is 2.18. The molecule has 0 spiro atoms. The summed E-state index contributed by atoms with van der Waals surface area (Å²) >= 11 is 0. The highest BCUT2D eigenvalue weighted by Gasteiger charge is 2.33. The predicted molar refractivity (Wildman–Crippen MR) is 66.3 cm³/mol. The first-order chi connectivity index (χ1) is 7.26. The quantitative estimate of drug-likeness (QED) is 0.722. The van der Waals surface area contributed by atoms with Gasteiger partial charge in [0.15, 0.2) is 0 Å². The van der Waals surface area contributed by atoms with Gasteiger partial charge in [-0.05, 0) is 49.7 Å². The fourth-order valence-corrected chi connectivity index (χ4v) is 2.33. The summed E-state index contributed by atoms with van der Waals surface area (Å²) in [6, 6.07) is 0. The Morgan fingerprint density at radius 1 is 1.50 bits per heavy atom. The average molecular weight is 222 g/mol. The Morgan fingerprint density at radius 3 is 2.56 bits per heavy atom. The van der Waals surface area contributed by atoms with Crippen molar-refractivity contribution in [1.29, 1.82) is 0 Å². The lowest BCUT2D eigenvalue weighted by Gasteiger charge is -2.39. The van der Waals surface area contributed by atoms with Gasteiger partial charge in [-0.15, -0.1) is 0 Å². The minimum absolute atomic E-state index is 0.0824. The monoisotopic (exact) mass is 222 g/mol. The molecular weight excluding hydrogens is 200 g/mol. The van der Waals surface area contributed by atoms with Crippen molar-refractivity contribution in [1.82, 2.24) is 0 Å². The highest BCUT2D eigenvalue weighted by molar-refractivity contribution is 5.86. The molecule has 0 aromatic rings. The molecule has 1 rings (SSSR count). The van der Waals surface area contributed by atoms with Gasteiger partial charge >= 0.3 is 5.97 Å². The first-order valence-corrected chi connectivity index (χ1v) is 5.88. The normalized spacial score (nSPS) is 25.8. The molecule has 1 aliphatic rings. The summed E-state index contributed by atoms with van der Waals surface area (Å²) < 4.78 is 0. The molecule has 0 aromatic heterocycles. The molecule has 90 valence electrons. The molecule has 16 heavy (non-hydrogen) atoms. The molecule has 1 N–H and O–H groups in total. The van der Waals surface area contributed by atoms with Gasteiger partial charge in [-0.25, -0.2) is 4.79 Å². The van der Waals surface area contributed by atoms with Gasteiger partial charge in [-0.2, -0.15) is 0 Å². The smallest absolute Gasteiger partial charge is 0.331 e. The number of carbonyl (C=O) groups is 1. The summed E-state index contributed by atoms with van der Waals surface area (Å²) in [5.41, 5.74) is 3.06. The number of hydrogen-bond donors (Lipinski definition) is 1. The largest absolute Gasteiger partial charge is 0.478 e. The van der Waals surface area contributed by atoms with Crippen LogP contribution in [0.15, 0.2) is 22.8 Å². The third-order valence-electron chi connectivity index (χ3n) is 4.04. The van der Waals surface area contributed by atoms with Crippen LogP contribution < -0.4 is 0 Å². The van der Waals surface area contributed by atoms with E-state index in [1.807, 2.05) is 6.08 Å². The van der Waals surface area contributed by atoms with Gasteiger partial charge in [-0.3, -0.25) is 0 Å². The maximum absolute atomic E-state index is 10.9. The van der Waals surface area contributed by atoms with E-state index in [0.717, 1.165) is 6.42 Å². The first-order valence-electron chi connectivity index (χ1n) is 5.88. The van der Waals surface area contributed by atoms with Gasteiger partial charge in [0.25, 0.3) is 0 Å². The molecule has 1 unspecified atom stereocenters. The van der Waals surface area contributed by atoms with E-state index in [-0.39, 0.29) is 5.41 Å². The first kappa shape index (κ1) is 13.0. The lowest BCUT2D eigenvalue weighted by molar-refractivity contribution is -0.132. The van der Waals surface area contributed by atoms with Crippen LogP contribution in [0.25, 0.3) is 0 Å². The fraction of sp³-hybridized carbons (Fsp3) is 0.643. The van der Waals surface area contributed by atoms with Crippen LogP contribution in [0.4, 0.5) is 0 Å². The summed E-state index contributed by atoms with van der Waals surface area (Å²) in [5, 5.41) is 8.94.